The van der Waals surface area contributed by atoms with E-state index in [2.05, 4.69) is 21.6 Å². The van der Waals surface area contributed by atoms with E-state index in [1.807, 2.05) is 12.1 Å². The second-order valence-corrected chi connectivity index (χ2v) is 7.90. The zero-order valence-corrected chi connectivity index (χ0v) is 14.8. The number of fused-ring (bicyclic) bond motifs is 2. The van der Waals surface area contributed by atoms with Gasteiger partial charge < -0.3 is 10.2 Å². The molecule has 6 nitrogen and oxygen atoms in total. The molecule has 0 saturated carbocycles. The molecule has 25 heavy (non-hydrogen) atoms. The van der Waals surface area contributed by atoms with Crippen LogP contribution < -0.4 is 0 Å². The maximum Gasteiger partial charge on any atom is 0.335 e. The molecule has 6 heteroatoms. The van der Waals surface area contributed by atoms with Crippen LogP contribution in [0.5, 0.6) is 0 Å². The molecule has 0 bridgehead atoms. The molecule has 3 saturated heterocycles. The predicted octanol–water partition coefficient (Wildman–Crippen LogP) is 0.710. The minimum atomic E-state index is -0.875. The van der Waals surface area contributed by atoms with Crippen LogP contribution in [-0.2, 0) is 6.54 Å². The largest absolute Gasteiger partial charge is 0.478 e. The Morgan fingerprint density at radius 1 is 1.24 bits per heavy atom. The summed E-state index contributed by atoms with van der Waals surface area (Å²) in [5.74, 6) is -0.875. The van der Waals surface area contributed by atoms with Gasteiger partial charge in [0.1, 0.15) is 0 Å². The summed E-state index contributed by atoms with van der Waals surface area (Å²) in [6, 6.07) is 7.67. The number of hydrogen-bond acceptors (Lipinski definition) is 5. The summed E-state index contributed by atoms with van der Waals surface area (Å²) in [6.07, 6.45) is 0.632. The Bertz CT molecular complexity index is 659. The van der Waals surface area contributed by atoms with E-state index >= 15 is 0 Å². The third-order valence-electron chi connectivity index (χ3n) is 6.05. The van der Waals surface area contributed by atoms with E-state index in [0.717, 1.165) is 57.8 Å². The van der Waals surface area contributed by atoms with Crippen LogP contribution in [0.2, 0.25) is 0 Å². The summed E-state index contributed by atoms with van der Waals surface area (Å²) in [5.41, 5.74) is 1.55. The number of rotatable bonds is 4. The minimum Gasteiger partial charge on any atom is -0.478 e. The number of carbonyl (C=O) groups is 1. The van der Waals surface area contributed by atoms with Gasteiger partial charge in [-0.05, 0) is 30.7 Å². The topological polar surface area (TPSA) is 67.2 Å². The maximum absolute atomic E-state index is 11.2. The van der Waals surface area contributed by atoms with Crippen LogP contribution in [0, 0.1) is 0 Å². The monoisotopic (exact) mass is 345 g/mol. The SMILES string of the molecule is CCN1CC2(CN(Cc3cccc(C(=O)O)c3)C[C@H]3C[C@@H](O)CN32)C1. The van der Waals surface area contributed by atoms with Gasteiger partial charge >= 0.3 is 5.97 Å². The Hall–Kier alpha value is -1.47. The minimum absolute atomic E-state index is 0.154. The Balaban J connectivity index is 1.51. The van der Waals surface area contributed by atoms with Crippen LogP contribution in [0.25, 0.3) is 0 Å². The Morgan fingerprint density at radius 2 is 2.00 bits per heavy atom. The average molecular weight is 345 g/mol. The molecule has 2 N–H and O–H groups in total. The van der Waals surface area contributed by atoms with Gasteiger partial charge in [0.15, 0.2) is 0 Å². The number of aromatic carboxylic acids is 1. The maximum atomic E-state index is 11.2. The molecule has 1 spiro atoms. The summed E-state index contributed by atoms with van der Waals surface area (Å²) in [5, 5.41) is 19.4. The van der Waals surface area contributed by atoms with Gasteiger partial charge in [-0.15, -0.1) is 0 Å². The first-order chi connectivity index (χ1) is 12.0. The van der Waals surface area contributed by atoms with Crippen molar-refractivity contribution in [1.29, 1.82) is 0 Å². The van der Waals surface area contributed by atoms with E-state index in [0.29, 0.717) is 11.6 Å². The molecular weight excluding hydrogens is 318 g/mol. The fourth-order valence-corrected chi connectivity index (χ4v) is 4.99. The third kappa shape index (κ3) is 3.08. The van der Waals surface area contributed by atoms with Gasteiger partial charge in [0, 0.05) is 45.3 Å². The van der Waals surface area contributed by atoms with Crippen LogP contribution in [0.3, 0.4) is 0 Å². The average Bonchev–Trinajstić information content (AvgIpc) is 2.92. The quantitative estimate of drug-likeness (QED) is 0.838. The highest BCUT2D eigenvalue weighted by atomic mass is 16.4. The molecule has 136 valence electrons. The summed E-state index contributed by atoms with van der Waals surface area (Å²) >= 11 is 0. The van der Waals surface area contributed by atoms with Crippen molar-refractivity contribution in [3.63, 3.8) is 0 Å². The zero-order valence-electron chi connectivity index (χ0n) is 14.8. The number of likely N-dealkylation sites (N-methyl/N-ethyl adjacent to an activating group) is 1. The van der Waals surface area contributed by atoms with Crippen molar-refractivity contribution in [3.05, 3.63) is 35.4 Å². The number of carboxylic acid groups (broad SMARTS) is 1. The third-order valence-corrected chi connectivity index (χ3v) is 6.05. The summed E-state index contributed by atoms with van der Waals surface area (Å²) in [7, 11) is 0. The molecule has 4 rings (SSSR count). The van der Waals surface area contributed by atoms with Gasteiger partial charge in [-0.2, -0.15) is 0 Å². The molecule has 3 heterocycles. The second-order valence-electron chi connectivity index (χ2n) is 7.90. The van der Waals surface area contributed by atoms with Crippen LogP contribution in [0.15, 0.2) is 24.3 Å². The molecule has 1 aromatic carbocycles. The number of hydrogen-bond donors (Lipinski definition) is 2. The van der Waals surface area contributed by atoms with E-state index in [1.54, 1.807) is 12.1 Å². The lowest BCUT2D eigenvalue weighted by molar-refractivity contribution is -0.113. The first-order valence-electron chi connectivity index (χ1n) is 9.21. The first-order valence-corrected chi connectivity index (χ1v) is 9.21. The van der Waals surface area contributed by atoms with E-state index in [-0.39, 0.29) is 11.6 Å². The highest BCUT2D eigenvalue weighted by molar-refractivity contribution is 5.87. The lowest BCUT2D eigenvalue weighted by Gasteiger charge is -2.61. The fraction of sp³-hybridized carbons (Fsp3) is 0.632. The molecule has 3 aliphatic rings. The lowest BCUT2D eigenvalue weighted by atomic mass is 9.83. The molecule has 1 aromatic rings. The van der Waals surface area contributed by atoms with Gasteiger partial charge in [-0.25, -0.2) is 4.79 Å². The standard InChI is InChI=1S/C19H27N3O3/c1-2-20-11-19(12-20)13-21(9-16-7-17(23)10-22(16)19)8-14-4-3-5-15(6-14)18(24)25/h3-6,16-17,23H,2,7-13H2,1H3,(H,24,25)/t16-,17-/m1/s1. The van der Waals surface area contributed by atoms with Gasteiger partial charge in [-0.1, -0.05) is 19.1 Å². The van der Waals surface area contributed by atoms with E-state index in [9.17, 15) is 15.0 Å². The number of β-amino-alcohol motifs (C(OH)–C–C–N with tert-alkyl or cyclic N) is 1. The zero-order chi connectivity index (χ0) is 17.6. The Labute approximate surface area is 148 Å². The number of likely N-dealkylation sites (tertiary alicyclic amines) is 1. The Kier molecular flexibility index (Phi) is 4.32. The van der Waals surface area contributed by atoms with Crippen molar-refractivity contribution in [1.82, 2.24) is 14.7 Å². The lowest BCUT2D eigenvalue weighted by Crippen LogP contribution is -2.77. The van der Waals surface area contributed by atoms with Crippen molar-refractivity contribution >= 4 is 5.97 Å². The molecule has 0 amide bonds. The molecule has 0 unspecified atom stereocenters. The molecule has 3 aliphatic heterocycles. The van der Waals surface area contributed by atoms with Crippen molar-refractivity contribution in [2.24, 2.45) is 0 Å². The summed E-state index contributed by atoms with van der Waals surface area (Å²) in [6.45, 7) is 8.91. The molecular formula is C19H27N3O3. The smallest absolute Gasteiger partial charge is 0.335 e. The molecule has 0 radical (unpaired) electrons. The summed E-state index contributed by atoms with van der Waals surface area (Å²) < 4.78 is 0. The number of carboxylic acids is 1. The number of nitrogens with zero attached hydrogens (tertiary/aromatic N) is 3. The predicted molar refractivity (Wildman–Crippen MR) is 94.6 cm³/mol. The molecule has 2 atom stereocenters. The molecule has 3 fully saturated rings. The highest BCUT2D eigenvalue weighted by Gasteiger charge is 2.55. The van der Waals surface area contributed by atoms with Crippen LogP contribution >= 0.6 is 0 Å². The number of aliphatic hydroxyl groups is 1. The van der Waals surface area contributed by atoms with Crippen molar-refractivity contribution in [3.8, 4) is 0 Å². The van der Waals surface area contributed by atoms with E-state index in [1.165, 1.54) is 0 Å². The number of benzene rings is 1. The van der Waals surface area contributed by atoms with Gasteiger partial charge in [-0.3, -0.25) is 14.7 Å². The number of piperazine rings is 1. The van der Waals surface area contributed by atoms with Crippen LogP contribution in [0.4, 0.5) is 0 Å². The number of aliphatic hydroxyl groups excluding tert-OH is 1. The first kappa shape index (κ1) is 17.0. The normalized spacial score (nSPS) is 29.5. The highest BCUT2D eigenvalue weighted by Crippen LogP contribution is 2.39. The van der Waals surface area contributed by atoms with Crippen LogP contribution in [-0.4, -0.2) is 87.8 Å². The van der Waals surface area contributed by atoms with E-state index < -0.39 is 5.97 Å². The van der Waals surface area contributed by atoms with Gasteiger partial charge in [0.25, 0.3) is 0 Å². The summed E-state index contributed by atoms with van der Waals surface area (Å²) in [4.78, 5) is 18.7. The van der Waals surface area contributed by atoms with Gasteiger partial charge in [0.2, 0.25) is 0 Å². The molecule has 0 aromatic heterocycles. The van der Waals surface area contributed by atoms with Crippen LogP contribution in [0.1, 0.15) is 29.3 Å². The van der Waals surface area contributed by atoms with Crippen molar-refractivity contribution in [2.45, 2.75) is 37.6 Å². The molecule has 0 aliphatic carbocycles. The van der Waals surface area contributed by atoms with Crippen molar-refractivity contribution in [2.75, 3.05) is 39.3 Å². The van der Waals surface area contributed by atoms with E-state index in [4.69, 9.17) is 0 Å². The fourth-order valence-electron chi connectivity index (χ4n) is 4.99. The van der Waals surface area contributed by atoms with Gasteiger partial charge in [0.05, 0.1) is 17.2 Å². The second kappa shape index (κ2) is 6.36. The van der Waals surface area contributed by atoms with Crippen molar-refractivity contribution < 1.29 is 15.0 Å². The Morgan fingerprint density at radius 3 is 2.72 bits per heavy atom.